The van der Waals surface area contributed by atoms with Crippen molar-refractivity contribution >= 4 is 11.9 Å². The van der Waals surface area contributed by atoms with Crippen LogP contribution in [0.15, 0.2) is 85.2 Å². The molecular formula is C41H45N5O3. The van der Waals surface area contributed by atoms with E-state index in [0.29, 0.717) is 12.5 Å². The zero-order chi connectivity index (χ0) is 33.9. The van der Waals surface area contributed by atoms with Crippen LogP contribution in [0, 0.1) is 11.8 Å². The van der Waals surface area contributed by atoms with E-state index in [1.54, 1.807) is 0 Å². The fraction of sp³-hybridized carbons (Fsp3) is 0.366. The van der Waals surface area contributed by atoms with Crippen LogP contribution < -0.4 is 0 Å². The minimum atomic E-state index is -0.425. The number of aromatic nitrogens is 4. The fourth-order valence-corrected chi connectivity index (χ4v) is 7.59. The van der Waals surface area contributed by atoms with Crippen LogP contribution >= 0.6 is 0 Å². The summed E-state index contributed by atoms with van der Waals surface area (Å²) in [7, 11) is 1.37. The van der Waals surface area contributed by atoms with Crippen molar-refractivity contribution in [1.82, 2.24) is 24.8 Å². The number of amides is 1. The lowest BCUT2D eigenvalue weighted by atomic mass is 9.90. The number of aromatic amines is 2. The number of likely N-dealkylation sites (tertiary alicyclic amines) is 1. The summed E-state index contributed by atoms with van der Waals surface area (Å²) in [5.74, 6) is 1.67. The Labute approximate surface area is 288 Å². The lowest BCUT2D eigenvalue weighted by Crippen LogP contribution is -2.39. The standard InChI is InChI=1S/C41H45N5O3/c1-26(2)33(23-38(47)49-3)41(48)46-21-9-14-37(46)40-43-25-36(45-40)31-19-20-32(34(22-31)27-10-5-4-6-11-27)28-15-17-29(18-16-28)35-24-42-39(44-35)30-12-7-8-13-30/h4-6,10-11,15-20,22,24-26,30,33,37H,7-9,12-14,21,23H2,1-3H3,(H,42,44)(H,43,45)/t33-,37-/m0/s1. The minimum Gasteiger partial charge on any atom is -0.469 e. The predicted octanol–water partition coefficient (Wildman–Crippen LogP) is 8.96. The first kappa shape index (κ1) is 32.6. The fourth-order valence-electron chi connectivity index (χ4n) is 7.59. The molecule has 1 aliphatic heterocycles. The Morgan fingerprint density at radius 1 is 0.776 bits per heavy atom. The molecule has 0 unspecified atom stereocenters. The lowest BCUT2D eigenvalue weighted by Gasteiger charge is -2.29. The molecule has 252 valence electrons. The molecule has 0 bridgehead atoms. The maximum Gasteiger partial charge on any atom is 0.306 e. The molecule has 3 aromatic carbocycles. The van der Waals surface area contributed by atoms with E-state index in [2.05, 4.69) is 76.7 Å². The van der Waals surface area contributed by atoms with Crippen molar-refractivity contribution in [2.45, 2.75) is 70.8 Å². The third-order valence-electron chi connectivity index (χ3n) is 10.4. The van der Waals surface area contributed by atoms with E-state index in [1.807, 2.05) is 37.2 Å². The first-order valence-electron chi connectivity index (χ1n) is 17.7. The van der Waals surface area contributed by atoms with Gasteiger partial charge in [-0.25, -0.2) is 9.97 Å². The van der Waals surface area contributed by atoms with Crippen molar-refractivity contribution in [2.75, 3.05) is 13.7 Å². The summed E-state index contributed by atoms with van der Waals surface area (Å²) in [5, 5.41) is 0. The molecule has 2 fully saturated rings. The zero-order valence-electron chi connectivity index (χ0n) is 28.6. The zero-order valence-corrected chi connectivity index (χ0v) is 28.6. The van der Waals surface area contributed by atoms with Crippen LogP contribution in [-0.2, 0) is 14.3 Å². The Morgan fingerprint density at radius 3 is 2.12 bits per heavy atom. The molecule has 8 heteroatoms. The van der Waals surface area contributed by atoms with E-state index in [1.165, 1.54) is 32.8 Å². The van der Waals surface area contributed by atoms with E-state index in [9.17, 15) is 9.59 Å². The average Bonchev–Trinajstić information content (AvgIpc) is 3.97. The summed E-state index contributed by atoms with van der Waals surface area (Å²) in [4.78, 5) is 44.3. The average molecular weight is 656 g/mol. The van der Waals surface area contributed by atoms with Gasteiger partial charge in [-0.1, -0.05) is 93.4 Å². The van der Waals surface area contributed by atoms with Gasteiger partial charge in [-0.15, -0.1) is 0 Å². The van der Waals surface area contributed by atoms with Crippen molar-refractivity contribution < 1.29 is 14.3 Å². The molecule has 3 heterocycles. The van der Waals surface area contributed by atoms with Crippen LogP contribution in [0.2, 0.25) is 0 Å². The predicted molar refractivity (Wildman–Crippen MR) is 192 cm³/mol. The largest absolute Gasteiger partial charge is 0.469 e. The van der Waals surface area contributed by atoms with Gasteiger partial charge in [0.25, 0.3) is 0 Å². The summed E-state index contributed by atoms with van der Waals surface area (Å²) in [5.41, 5.74) is 8.68. The van der Waals surface area contributed by atoms with Gasteiger partial charge in [0.15, 0.2) is 0 Å². The number of esters is 1. The van der Waals surface area contributed by atoms with Crippen LogP contribution in [-0.4, -0.2) is 50.4 Å². The lowest BCUT2D eigenvalue weighted by molar-refractivity contribution is -0.148. The highest BCUT2D eigenvalue weighted by molar-refractivity contribution is 5.87. The number of H-pyrrole nitrogens is 2. The highest BCUT2D eigenvalue weighted by atomic mass is 16.5. The van der Waals surface area contributed by atoms with Crippen molar-refractivity contribution in [2.24, 2.45) is 11.8 Å². The van der Waals surface area contributed by atoms with Gasteiger partial charge < -0.3 is 19.6 Å². The molecule has 7 rings (SSSR count). The van der Waals surface area contributed by atoms with E-state index in [0.717, 1.165) is 69.3 Å². The maximum atomic E-state index is 13.7. The molecule has 5 aromatic rings. The number of carbonyl (C=O) groups excluding carboxylic acids is 2. The quantitative estimate of drug-likeness (QED) is 0.146. The number of methoxy groups -OCH3 is 1. The third-order valence-corrected chi connectivity index (χ3v) is 10.4. The van der Waals surface area contributed by atoms with E-state index >= 15 is 0 Å². The van der Waals surface area contributed by atoms with Crippen molar-refractivity contribution in [3.05, 3.63) is 96.8 Å². The summed E-state index contributed by atoms with van der Waals surface area (Å²) in [6.45, 7) is 4.61. The molecule has 0 radical (unpaired) electrons. The maximum absolute atomic E-state index is 13.7. The van der Waals surface area contributed by atoms with Gasteiger partial charge in [0.05, 0.1) is 49.3 Å². The van der Waals surface area contributed by atoms with Crippen LogP contribution in [0.1, 0.15) is 82.4 Å². The number of hydrogen-bond donors (Lipinski definition) is 2. The van der Waals surface area contributed by atoms with E-state index in [-0.39, 0.29) is 30.3 Å². The number of imidazole rings is 2. The van der Waals surface area contributed by atoms with Crippen LogP contribution in [0.4, 0.5) is 0 Å². The number of ether oxygens (including phenoxy) is 1. The highest BCUT2D eigenvalue weighted by Crippen LogP contribution is 2.39. The van der Waals surface area contributed by atoms with Crippen molar-refractivity contribution in [3.8, 4) is 44.8 Å². The van der Waals surface area contributed by atoms with Crippen LogP contribution in [0.25, 0.3) is 44.8 Å². The number of rotatable bonds is 10. The first-order valence-corrected chi connectivity index (χ1v) is 17.7. The van der Waals surface area contributed by atoms with Crippen LogP contribution in [0.5, 0.6) is 0 Å². The number of benzene rings is 3. The SMILES string of the molecule is COC(=O)C[C@H](C(=O)N1CCC[C@H]1c1ncc(-c2ccc(-c3ccc(-c4cnc(C5CCCC5)[nH]4)cc3)c(-c3ccccc3)c2)[nH]1)C(C)C. The molecule has 2 aromatic heterocycles. The molecule has 2 aliphatic rings. The second-order valence-electron chi connectivity index (χ2n) is 13.9. The Kier molecular flexibility index (Phi) is 9.47. The molecule has 2 N–H and O–H groups in total. The molecule has 1 saturated heterocycles. The van der Waals surface area contributed by atoms with Gasteiger partial charge in [0.1, 0.15) is 11.6 Å². The third kappa shape index (κ3) is 6.82. The molecular weight excluding hydrogens is 610 g/mol. The normalized spacial score (nSPS) is 17.1. The molecule has 2 atom stereocenters. The van der Waals surface area contributed by atoms with Crippen LogP contribution in [0.3, 0.4) is 0 Å². The smallest absolute Gasteiger partial charge is 0.306 e. The van der Waals surface area contributed by atoms with E-state index < -0.39 is 5.92 Å². The van der Waals surface area contributed by atoms with Gasteiger partial charge in [-0.2, -0.15) is 0 Å². The van der Waals surface area contributed by atoms with Crippen molar-refractivity contribution in [1.29, 1.82) is 0 Å². The Morgan fingerprint density at radius 2 is 1.41 bits per heavy atom. The van der Waals surface area contributed by atoms with Gasteiger partial charge in [-0.3, -0.25) is 9.59 Å². The van der Waals surface area contributed by atoms with Gasteiger partial charge in [0, 0.05) is 18.0 Å². The summed E-state index contributed by atoms with van der Waals surface area (Å²) in [6, 6.07) is 25.6. The molecule has 49 heavy (non-hydrogen) atoms. The monoisotopic (exact) mass is 655 g/mol. The number of carbonyl (C=O) groups is 2. The second kappa shape index (κ2) is 14.2. The van der Waals surface area contributed by atoms with E-state index in [4.69, 9.17) is 14.7 Å². The molecule has 1 saturated carbocycles. The number of nitrogens with zero attached hydrogens (tertiary/aromatic N) is 3. The summed E-state index contributed by atoms with van der Waals surface area (Å²) < 4.78 is 4.89. The van der Waals surface area contributed by atoms with Gasteiger partial charge in [-0.05, 0) is 65.5 Å². The summed E-state index contributed by atoms with van der Waals surface area (Å²) in [6.07, 6.45) is 10.7. The first-order chi connectivity index (χ1) is 23.9. The molecule has 1 aliphatic carbocycles. The topological polar surface area (TPSA) is 104 Å². The highest BCUT2D eigenvalue weighted by Gasteiger charge is 2.37. The minimum absolute atomic E-state index is 0.00984. The molecule has 0 spiro atoms. The Hall–Kier alpha value is -4.98. The van der Waals surface area contributed by atoms with Gasteiger partial charge >= 0.3 is 5.97 Å². The Bertz CT molecular complexity index is 1900. The molecule has 1 amide bonds. The summed E-state index contributed by atoms with van der Waals surface area (Å²) >= 11 is 0. The number of nitrogens with one attached hydrogen (secondary N) is 2. The molecule has 8 nitrogen and oxygen atoms in total. The van der Waals surface area contributed by atoms with Gasteiger partial charge in [0.2, 0.25) is 5.91 Å². The Balaban J connectivity index is 1.15. The van der Waals surface area contributed by atoms with Crippen molar-refractivity contribution in [3.63, 3.8) is 0 Å². The number of hydrogen-bond acceptors (Lipinski definition) is 5. The second-order valence-corrected chi connectivity index (χ2v) is 13.9.